The zero-order chi connectivity index (χ0) is 24.0. The van der Waals surface area contributed by atoms with Gasteiger partial charge in [0.15, 0.2) is 0 Å². The second kappa shape index (κ2) is 10.9. The molecule has 0 saturated heterocycles. The molecule has 0 atom stereocenters. The monoisotopic (exact) mass is 449 g/mol. The summed E-state index contributed by atoms with van der Waals surface area (Å²) in [6.07, 6.45) is 1.75. The van der Waals surface area contributed by atoms with Gasteiger partial charge >= 0.3 is 11.9 Å². The van der Waals surface area contributed by atoms with E-state index < -0.39 is 17.9 Å². The van der Waals surface area contributed by atoms with Crippen molar-refractivity contribution in [2.75, 3.05) is 27.9 Å². The van der Waals surface area contributed by atoms with Crippen LogP contribution in [0, 0.1) is 0 Å². The van der Waals surface area contributed by atoms with Crippen molar-refractivity contribution in [1.82, 2.24) is 4.90 Å². The van der Waals surface area contributed by atoms with Crippen LogP contribution in [-0.2, 0) is 25.5 Å². The average molecular weight is 450 g/mol. The number of benzene rings is 2. The second-order valence-electron chi connectivity index (χ2n) is 7.93. The summed E-state index contributed by atoms with van der Waals surface area (Å²) in [6.45, 7) is 4.47. The summed E-state index contributed by atoms with van der Waals surface area (Å²) in [5.74, 6) is -0.829. The Hall–Kier alpha value is -3.54. The first kappa shape index (κ1) is 24.1. The number of carbonyl (C=O) groups is 2. The Bertz CT molecular complexity index is 1010. The highest BCUT2D eigenvalue weighted by Gasteiger charge is 2.40. The normalized spacial score (nSPS) is 14.4. The number of methoxy groups -OCH3 is 3. The van der Waals surface area contributed by atoms with E-state index >= 15 is 0 Å². The van der Waals surface area contributed by atoms with E-state index in [0.717, 1.165) is 29.8 Å². The molecule has 174 valence electrons. The molecule has 6 nitrogen and oxygen atoms in total. The minimum absolute atomic E-state index is 0.438. The highest BCUT2D eigenvalue weighted by atomic mass is 16.5. The van der Waals surface area contributed by atoms with E-state index in [1.54, 1.807) is 7.11 Å². The van der Waals surface area contributed by atoms with Gasteiger partial charge in [0.1, 0.15) is 5.75 Å². The lowest BCUT2D eigenvalue weighted by atomic mass is 9.79. The standard InChI is InChI=1S/C27H31NO5/c1-18-23(26(29)32-4)25(21-13-15-22(31-3)16-14-21)24(27(30)33-5)19(2)28(18)17-9-12-20-10-7-6-8-11-20/h6-8,10-11,13-16,25H,9,12,17H2,1-5H3. The van der Waals surface area contributed by atoms with Crippen molar-refractivity contribution in [3.63, 3.8) is 0 Å². The van der Waals surface area contributed by atoms with Crippen LogP contribution in [0.2, 0.25) is 0 Å². The number of rotatable bonds is 8. The van der Waals surface area contributed by atoms with E-state index in [0.29, 0.717) is 23.4 Å². The molecule has 3 rings (SSSR count). The summed E-state index contributed by atoms with van der Waals surface area (Å²) in [4.78, 5) is 28.0. The predicted molar refractivity (Wildman–Crippen MR) is 127 cm³/mol. The van der Waals surface area contributed by atoms with Crippen LogP contribution in [0.3, 0.4) is 0 Å². The molecule has 2 aromatic carbocycles. The van der Waals surface area contributed by atoms with Crippen molar-refractivity contribution in [2.45, 2.75) is 32.6 Å². The van der Waals surface area contributed by atoms with Crippen LogP contribution in [0.5, 0.6) is 5.75 Å². The number of allylic oxidation sites excluding steroid dienone is 2. The summed E-state index contributed by atoms with van der Waals surface area (Å²) < 4.78 is 15.6. The van der Waals surface area contributed by atoms with Crippen LogP contribution in [-0.4, -0.2) is 44.7 Å². The first-order chi connectivity index (χ1) is 15.9. The van der Waals surface area contributed by atoms with E-state index in [1.165, 1.54) is 19.8 Å². The zero-order valence-corrected chi connectivity index (χ0v) is 19.9. The number of ether oxygens (including phenoxy) is 3. The fourth-order valence-electron chi connectivity index (χ4n) is 4.41. The molecule has 0 radical (unpaired) electrons. The third-order valence-electron chi connectivity index (χ3n) is 6.12. The van der Waals surface area contributed by atoms with E-state index in [-0.39, 0.29) is 0 Å². The summed E-state index contributed by atoms with van der Waals surface area (Å²) in [6, 6.07) is 17.6. The molecule has 0 spiro atoms. The van der Waals surface area contributed by atoms with E-state index in [9.17, 15) is 9.59 Å². The van der Waals surface area contributed by atoms with Crippen LogP contribution in [0.1, 0.15) is 37.3 Å². The number of aryl methyl sites for hydroxylation is 1. The number of carbonyl (C=O) groups excluding carboxylic acids is 2. The van der Waals surface area contributed by atoms with Crippen LogP contribution >= 0.6 is 0 Å². The van der Waals surface area contributed by atoms with E-state index in [2.05, 4.69) is 12.1 Å². The molecule has 0 aromatic heterocycles. The van der Waals surface area contributed by atoms with Crippen LogP contribution < -0.4 is 4.74 Å². The molecule has 0 saturated carbocycles. The summed E-state index contributed by atoms with van der Waals surface area (Å²) in [5.41, 5.74) is 4.47. The van der Waals surface area contributed by atoms with Crippen molar-refractivity contribution in [1.29, 1.82) is 0 Å². The fraction of sp³-hybridized carbons (Fsp3) is 0.333. The minimum Gasteiger partial charge on any atom is -0.497 e. The lowest BCUT2D eigenvalue weighted by Gasteiger charge is -2.38. The Labute approximate surface area is 195 Å². The molecule has 1 aliphatic rings. The van der Waals surface area contributed by atoms with Gasteiger partial charge in [0, 0.05) is 17.9 Å². The summed E-state index contributed by atoms with van der Waals surface area (Å²) in [5, 5.41) is 0. The first-order valence-corrected chi connectivity index (χ1v) is 11.0. The van der Waals surface area contributed by atoms with E-state index in [1.807, 2.05) is 61.2 Å². The van der Waals surface area contributed by atoms with Crippen LogP contribution in [0.25, 0.3) is 0 Å². The van der Waals surface area contributed by atoms with E-state index in [4.69, 9.17) is 14.2 Å². The van der Waals surface area contributed by atoms with Gasteiger partial charge in [-0.05, 0) is 49.9 Å². The Morgan fingerprint density at radius 1 is 0.818 bits per heavy atom. The number of hydrogen-bond donors (Lipinski definition) is 0. The third kappa shape index (κ3) is 5.11. The minimum atomic E-state index is -0.596. The Morgan fingerprint density at radius 2 is 1.36 bits per heavy atom. The van der Waals surface area contributed by atoms with Gasteiger partial charge in [-0.2, -0.15) is 0 Å². The maximum atomic E-state index is 13.0. The highest BCUT2D eigenvalue weighted by Crippen LogP contribution is 2.43. The Morgan fingerprint density at radius 3 is 1.85 bits per heavy atom. The summed E-state index contributed by atoms with van der Waals surface area (Å²) >= 11 is 0. The zero-order valence-electron chi connectivity index (χ0n) is 19.9. The summed E-state index contributed by atoms with van der Waals surface area (Å²) in [7, 11) is 4.31. The molecular formula is C27H31NO5. The maximum absolute atomic E-state index is 13.0. The highest BCUT2D eigenvalue weighted by molar-refractivity contribution is 5.99. The molecule has 6 heteroatoms. The van der Waals surface area contributed by atoms with Crippen molar-refractivity contribution < 1.29 is 23.8 Å². The molecule has 0 aliphatic carbocycles. The molecule has 33 heavy (non-hydrogen) atoms. The molecule has 0 bridgehead atoms. The van der Waals surface area contributed by atoms with Gasteiger partial charge in [-0.1, -0.05) is 42.5 Å². The average Bonchev–Trinajstić information content (AvgIpc) is 2.85. The van der Waals surface area contributed by atoms with Crippen molar-refractivity contribution >= 4 is 11.9 Å². The smallest absolute Gasteiger partial charge is 0.336 e. The molecule has 0 unspecified atom stereocenters. The first-order valence-electron chi connectivity index (χ1n) is 11.0. The predicted octanol–water partition coefficient (Wildman–Crippen LogP) is 4.62. The van der Waals surface area contributed by atoms with Gasteiger partial charge in [0.2, 0.25) is 0 Å². The second-order valence-corrected chi connectivity index (χ2v) is 7.93. The van der Waals surface area contributed by atoms with Crippen molar-refractivity contribution in [3.05, 3.63) is 88.3 Å². The van der Waals surface area contributed by atoms with Gasteiger partial charge < -0.3 is 19.1 Å². The fourth-order valence-corrected chi connectivity index (χ4v) is 4.41. The van der Waals surface area contributed by atoms with Gasteiger partial charge in [-0.3, -0.25) is 0 Å². The quantitative estimate of drug-likeness (QED) is 0.548. The molecule has 0 fully saturated rings. The van der Waals surface area contributed by atoms with Crippen molar-refractivity contribution in [3.8, 4) is 5.75 Å². The van der Waals surface area contributed by atoms with Gasteiger partial charge in [-0.15, -0.1) is 0 Å². The van der Waals surface area contributed by atoms with Crippen LogP contribution in [0.15, 0.2) is 77.1 Å². The Kier molecular flexibility index (Phi) is 7.93. The molecule has 0 N–H and O–H groups in total. The van der Waals surface area contributed by atoms with Gasteiger partial charge in [0.05, 0.1) is 38.4 Å². The molecule has 1 heterocycles. The largest absolute Gasteiger partial charge is 0.497 e. The molecular weight excluding hydrogens is 418 g/mol. The number of hydrogen-bond acceptors (Lipinski definition) is 6. The van der Waals surface area contributed by atoms with Crippen molar-refractivity contribution in [2.24, 2.45) is 0 Å². The lowest BCUT2D eigenvalue weighted by molar-refractivity contribution is -0.137. The molecule has 2 aromatic rings. The number of esters is 2. The Balaban J connectivity index is 2.04. The lowest BCUT2D eigenvalue weighted by Crippen LogP contribution is -2.35. The molecule has 1 aliphatic heterocycles. The SMILES string of the molecule is COC(=O)C1=C(C)N(CCCc2ccccc2)C(C)=C(C(=O)OC)C1c1ccc(OC)cc1. The number of nitrogens with zero attached hydrogens (tertiary/aromatic N) is 1. The maximum Gasteiger partial charge on any atom is 0.336 e. The van der Waals surface area contributed by atoms with Crippen LogP contribution in [0.4, 0.5) is 0 Å². The molecule has 0 amide bonds. The topological polar surface area (TPSA) is 65.1 Å². The third-order valence-corrected chi connectivity index (χ3v) is 6.12. The van der Waals surface area contributed by atoms with Gasteiger partial charge in [-0.25, -0.2) is 9.59 Å². The van der Waals surface area contributed by atoms with Gasteiger partial charge in [0.25, 0.3) is 0 Å².